The quantitative estimate of drug-likeness (QED) is 0.468. The molecule has 0 saturated heterocycles. The third-order valence-corrected chi connectivity index (χ3v) is 3.96. The molecule has 1 aromatic heterocycles. The van der Waals surface area contributed by atoms with Gasteiger partial charge in [0.05, 0.1) is 7.11 Å². The molecule has 4 N–H and O–H groups in total. The fourth-order valence-corrected chi connectivity index (χ4v) is 2.63. The first-order chi connectivity index (χ1) is 14.1. The van der Waals surface area contributed by atoms with E-state index in [0.717, 1.165) is 29.5 Å². The average Bonchev–Trinajstić information content (AvgIpc) is 2.70. The Morgan fingerprint density at radius 1 is 0.931 bits per heavy atom. The predicted molar refractivity (Wildman–Crippen MR) is 116 cm³/mol. The Bertz CT molecular complexity index is 958. The summed E-state index contributed by atoms with van der Waals surface area (Å²) in [7, 11) is 1.60. The minimum atomic E-state index is -0.326. The Balaban J connectivity index is 1.59. The fraction of sp³-hybridized carbons (Fsp3) is 0.190. The van der Waals surface area contributed by atoms with Gasteiger partial charge in [0.2, 0.25) is 5.95 Å². The van der Waals surface area contributed by atoms with Crippen LogP contribution in [0.1, 0.15) is 12.6 Å². The Kier molecular flexibility index (Phi) is 6.47. The lowest BCUT2D eigenvalue weighted by Gasteiger charge is -2.11. The van der Waals surface area contributed by atoms with Crippen LogP contribution in [0.25, 0.3) is 0 Å². The molecule has 0 radical (unpaired) electrons. The summed E-state index contributed by atoms with van der Waals surface area (Å²) in [5, 5.41) is 11.9. The molecule has 0 aliphatic rings. The number of amides is 2. The zero-order valence-corrected chi connectivity index (χ0v) is 16.6. The summed E-state index contributed by atoms with van der Waals surface area (Å²) in [5.74, 6) is 2.02. The number of hydrogen-bond acceptors (Lipinski definition) is 6. The second kappa shape index (κ2) is 9.41. The highest BCUT2D eigenvalue weighted by Gasteiger charge is 2.05. The molecular weight excluding hydrogens is 368 g/mol. The lowest BCUT2D eigenvalue weighted by Crippen LogP contribution is -2.19. The van der Waals surface area contributed by atoms with E-state index in [-0.39, 0.29) is 6.03 Å². The van der Waals surface area contributed by atoms with Gasteiger partial charge in [0.25, 0.3) is 0 Å². The van der Waals surface area contributed by atoms with Crippen LogP contribution in [0, 0.1) is 6.92 Å². The average molecular weight is 392 g/mol. The number of hydrogen-bond donors (Lipinski definition) is 4. The first-order valence-electron chi connectivity index (χ1n) is 9.24. The van der Waals surface area contributed by atoms with Crippen molar-refractivity contribution in [3.05, 3.63) is 60.3 Å². The summed E-state index contributed by atoms with van der Waals surface area (Å²) in [5.41, 5.74) is 3.03. The summed E-state index contributed by atoms with van der Waals surface area (Å²) < 4.78 is 5.10. The van der Waals surface area contributed by atoms with Gasteiger partial charge in [-0.2, -0.15) is 4.98 Å². The van der Waals surface area contributed by atoms with Crippen LogP contribution in [0.15, 0.2) is 54.6 Å². The molecular formula is C21H24N6O2. The van der Waals surface area contributed by atoms with Crippen LogP contribution in [0.4, 0.5) is 33.6 Å². The Morgan fingerprint density at radius 2 is 1.52 bits per heavy atom. The van der Waals surface area contributed by atoms with Crippen LogP contribution >= 0.6 is 0 Å². The van der Waals surface area contributed by atoms with E-state index in [0.29, 0.717) is 17.3 Å². The molecule has 150 valence electrons. The molecule has 8 nitrogen and oxygen atoms in total. The second-order valence-corrected chi connectivity index (χ2v) is 6.26. The highest BCUT2D eigenvalue weighted by molar-refractivity contribution is 5.99. The number of ether oxygens (including phenoxy) is 1. The van der Waals surface area contributed by atoms with Crippen LogP contribution < -0.4 is 26.0 Å². The van der Waals surface area contributed by atoms with Gasteiger partial charge in [-0.3, -0.25) is 0 Å². The molecule has 2 aromatic carbocycles. The number of urea groups is 1. The van der Waals surface area contributed by atoms with Crippen LogP contribution in [0.5, 0.6) is 5.75 Å². The molecule has 3 aromatic rings. The number of methoxy groups -OCH3 is 1. The lowest BCUT2D eigenvalue weighted by atomic mass is 10.3. The number of aromatic nitrogens is 2. The first kappa shape index (κ1) is 19.9. The van der Waals surface area contributed by atoms with E-state index >= 15 is 0 Å². The standard InChI is InChI=1S/C21H24N6O2/c1-4-22-19-13-14(2)23-20(27-19)24-15-5-7-16(8-6-15)25-21(28)26-17-9-11-18(29-3)12-10-17/h5-13H,4H2,1-3H3,(H2,25,26,28)(H2,22,23,24,27). The number of nitrogens with one attached hydrogen (secondary N) is 4. The number of carbonyl (C=O) groups is 1. The molecule has 2 amide bonds. The Hall–Kier alpha value is -3.81. The van der Waals surface area contributed by atoms with Crippen molar-refractivity contribution in [3.63, 3.8) is 0 Å². The first-order valence-corrected chi connectivity index (χ1v) is 9.24. The van der Waals surface area contributed by atoms with E-state index in [2.05, 4.69) is 31.2 Å². The van der Waals surface area contributed by atoms with E-state index in [4.69, 9.17) is 4.74 Å². The molecule has 1 heterocycles. The number of anilines is 5. The molecule has 0 spiro atoms. The maximum absolute atomic E-state index is 12.2. The molecule has 0 fully saturated rings. The van der Waals surface area contributed by atoms with Crippen molar-refractivity contribution < 1.29 is 9.53 Å². The van der Waals surface area contributed by atoms with Crippen molar-refractivity contribution in [2.24, 2.45) is 0 Å². The van der Waals surface area contributed by atoms with Crippen molar-refractivity contribution in [3.8, 4) is 5.75 Å². The van der Waals surface area contributed by atoms with E-state index < -0.39 is 0 Å². The smallest absolute Gasteiger partial charge is 0.323 e. The molecule has 0 aliphatic carbocycles. The minimum Gasteiger partial charge on any atom is -0.497 e. The number of aryl methyl sites for hydroxylation is 1. The van der Waals surface area contributed by atoms with Crippen molar-refractivity contribution in [1.82, 2.24) is 9.97 Å². The minimum absolute atomic E-state index is 0.326. The molecule has 0 aliphatic heterocycles. The second-order valence-electron chi connectivity index (χ2n) is 6.26. The maximum Gasteiger partial charge on any atom is 0.323 e. The van der Waals surface area contributed by atoms with E-state index in [1.54, 1.807) is 43.5 Å². The summed E-state index contributed by atoms with van der Waals surface area (Å²) in [6.07, 6.45) is 0. The van der Waals surface area contributed by atoms with Crippen molar-refractivity contribution >= 4 is 34.9 Å². The normalized spacial score (nSPS) is 10.2. The highest BCUT2D eigenvalue weighted by atomic mass is 16.5. The number of carbonyl (C=O) groups excluding carboxylic acids is 1. The van der Waals surface area contributed by atoms with Gasteiger partial charge in [-0.1, -0.05) is 0 Å². The Morgan fingerprint density at radius 3 is 2.10 bits per heavy atom. The third kappa shape index (κ3) is 5.83. The van der Waals surface area contributed by atoms with Gasteiger partial charge in [0, 0.05) is 35.4 Å². The van der Waals surface area contributed by atoms with Crippen molar-refractivity contribution in [1.29, 1.82) is 0 Å². The van der Waals surface area contributed by atoms with Crippen LogP contribution in [-0.4, -0.2) is 29.7 Å². The zero-order valence-electron chi connectivity index (χ0n) is 16.6. The van der Waals surface area contributed by atoms with Gasteiger partial charge >= 0.3 is 6.03 Å². The fourth-order valence-electron chi connectivity index (χ4n) is 2.63. The molecule has 3 rings (SSSR count). The van der Waals surface area contributed by atoms with Gasteiger partial charge in [-0.25, -0.2) is 9.78 Å². The van der Waals surface area contributed by atoms with Crippen LogP contribution in [0.3, 0.4) is 0 Å². The predicted octanol–water partition coefficient (Wildman–Crippen LogP) is 4.61. The van der Waals surface area contributed by atoms with Crippen molar-refractivity contribution in [2.45, 2.75) is 13.8 Å². The summed E-state index contributed by atoms with van der Waals surface area (Å²) >= 11 is 0. The zero-order chi connectivity index (χ0) is 20.6. The molecule has 0 atom stereocenters. The monoisotopic (exact) mass is 392 g/mol. The van der Waals surface area contributed by atoms with Crippen LogP contribution in [0.2, 0.25) is 0 Å². The van der Waals surface area contributed by atoms with Gasteiger partial charge < -0.3 is 26.0 Å². The SMILES string of the molecule is CCNc1cc(C)nc(Nc2ccc(NC(=O)Nc3ccc(OC)cc3)cc2)n1. The van der Waals surface area contributed by atoms with E-state index in [1.165, 1.54) is 0 Å². The van der Waals surface area contributed by atoms with Gasteiger partial charge in [0.1, 0.15) is 11.6 Å². The van der Waals surface area contributed by atoms with Gasteiger partial charge in [-0.05, 0) is 62.4 Å². The topological polar surface area (TPSA) is 100 Å². The Labute approximate surface area is 169 Å². The molecule has 0 saturated carbocycles. The largest absolute Gasteiger partial charge is 0.497 e. The number of nitrogens with zero attached hydrogens (tertiary/aromatic N) is 2. The van der Waals surface area contributed by atoms with Crippen LogP contribution in [-0.2, 0) is 0 Å². The van der Waals surface area contributed by atoms with Gasteiger partial charge in [-0.15, -0.1) is 0 Å². The number of rotatable bonds is 7. The number of benzene rings is 2. The molecule has 0 unspecified atom stereocenters. The summed E-state index contributed by atoms with van der Waals surface area (Å²) in [6, 6.07) is 16.0. The molecule has 0 bridgehead atoms. The van der Waals surface area contributed by atoms with E-state index in [9.17, 15) is 4.79 Å². The molecule has 8 heteroatoms. The lowest BCUT2D eigenvalue weighted by molar-refractivity contribution is 0.262. The summed E-state index contributed by atoms with van der Waals surface area (Å²) in [6.45, 7) is 4.72. The maximum atomic E-state index is 12.2. The summed E-state index contributed by atoms with van der Waals surface area (Å²) in [4.78, 5) is 21.0. The van der Waals surface area contributed by atoms with Gasteiger partial charge in [0.15, 0.2) is 0 Å². The van der Waals surface area contributed by atoms with E-state index in [1.807, 2.05) is 32.0 Å². The third-order valence-electron chi connectivity index (χ3n) is 3.96. The molecule has 29 heavy (non-hydrogen) atoms. The van der Waals surface area contributed by atoms with Crippen molar-refractivity contribution in [2.75, 3.05) is 34.9 Å². The highest BCUT2D eigenvalue weighted by Crippen LogP contribution is 2.19.